The zero-order chi connectivity index (χ0) is 10.0. The molecule has 7 heteroatoms. The van der Waals surface area contributed by atoms with Crippen LogP contribution in [0.5, 0.6) is 0 Å². The summed E-state index contributed by atoms with van der Waals surface area (Å²) >= 11 is 3.14. The molecule has 0 aliphatic heterocycles. The number of hydrogen-bond donors (Lipinski definition) is 2. The number of nitrogens with zero attached hydrogens (tertiary/aromatic N) is 3. The predicted molar refractivity (Wildman–Crippen MR) is 48.0 cm³/mol. The van der Waals surface area contributed by atoms with Crippen molar-refractivity contribution in [3.63, 3.8) is 0 Å². The van der Waals surface area contributed by atoms with Crippen molar-refractivity contribution in [1.29, 1.82) is 0 Å². The van der Waals surface area contributed by atoms with E-state index in [4.69, 9.17) is 10.8 Å². The van der Waals surface area contributed by atoms with Crippen LogP contribution in [0.3, 0.4) is 0 Å². The topological polar surface area (TPSA) is 94.0 Å². The van der Waals surface area contributed by atoms with Gasteiger partial charge in [-0.2, -0.15) is 5.10 Å². The Labute approximate surface area is 82.9 Å². The third-order valence-electron chi connectivity index (χ3n) is 1.47. The summed E-state index contributed by atoms with van der Waals surface area (Å²) < 4.78 is 2.06. The molecule has 1 rings (SSSR count). The molecule has 1 aromatic rings. The first kappa shape index (κ1) is 10.1. The van der Waals surface area contributed by atoms with E-state index in [2.05, 4.69) is 26.0 Å². The minimum atomic E-state index is -1.05. The average Bonchev–Trinajstić information content (AvgIpc) is 2.31. The molecule has 0 aliphatic rings. The maximum atomic E-state index is 10.4. The van der Waals surface area contributed by atoms with Crippen LogP contribution in [0.2, 0.25) is 0 Å². The van der Waals surface area contributed by atoms with Crippen LogP contribution >= 0.6 is 15.9 Å². The van der Waals surface area contributed by atoms with Crippen molar-refractivity contribution in [1.82, 2.24) is 14.8 Å². The number of carboxylic acid groups (broad SMARTS) is 1. The van der Waals surface area contributed by atoms with E-state index in [1.165, 1.54) is 4.68 Å². The maximum absolute atomic E-state index is 10.4. The molecular formula is C6H9BrN4O2. The molecule has 1 atom stereocenters. The SMILES string of the molecule is Cn1nc(C[C@H](N)C(=O)O)nc1Br. The number of carbonyl (C=O) groups is 1. The number of nitrogens with two attached hydrogens (primary N) is 1. The Morgan fingerprint density at radius 3 is 2.85 bits per heavy atom. The highest BCUT2D eigenvalue weighted by atomic mass is 79.9. The Balaban J connectivity index is 2.69. The second-order valence-corrected chi connectivity index (χ2v) is 3.28. The zero-order valence-electron chi connectivity index (χ0n) is 6.94. The van der Waals surface area contributed by atoms with Gasteiger partial charge in [0, 0.05) is 13.5 Å². The fourth-order valence-electron chi connectivity index (χ4n) is 0.786. The lowest BCUT2D eigenvalue weighted by Crippen LogP contribution is -2.32. The van der Waals surface area contributed by atoms with Crippen molar-refractivity contribution in [2.45, 2.75) is 12.5 Å². The van der Waals surface area contributed by atoms with Crippen LogP contribution in [0.4, 0.5) is 0 Å². The summed E-state index contributed by atoms with van der Waals surface area (Å²) in [5.74, 6) is -0.632. The normalized spacial score (nSPS) is 12.8. The molecule has 0 aromatic carbocycles. The highest BCUT2D eigenvalue weighted by molar-refractivity contribution is 9.10. The molecule has 13 heavy (non-hydrogen) atoms. The molecule has 1 aromatic heterocycles. The Morgan fingerprint density at radius 2 is 2.46 bits per heavy atom. The van der Waals surface area contributed by atoms with Gasteiger partial charge in [0.1, 0.15) is 6.04 Å². The molecule has 0 unspecified atom stereocenters. The summed E-state index contributed by atoms with van der Waals surface area (Å²) in [6, 6.07) is -0.950. The summed E-state index contributed by atoms with van der Waals surface area (Å²) in [5, 5.41) is 12.5. The fourth-order valence-corrected chi connectivity index (χ4v) is 1.07. The first-order chi connectivity index (χ1) is 6.00. The molecule has 6 nitrogen and oxygen atoms in total. The van der Waals surface area contributed by atoms with Gasteiger partial charge in [-0.05, 0) is 15.9 Å². The summed E-state index contributed by atoms with van der Waals surface area (Å²) in [7, 11) is 1.70. The van der Waals surface area contributed by atoms with Crippen LogP contribution in [-0.2, 0) is 18.3 Å². The van der Waals surface area contributed by atoms with Crippen LogP contribution < -0.4 is 5.73 Å². The van der Waals surface area contributed by atoms with E-state index in [1.807, 2.05) is 0 Å². The van der Waals surface area contributed by atoms with Crippen LogP contribution in [0, 0.1) is 0 Å². The number of rotatable bonds is 3. The lowest BCUT2D eigenvalue weighted by Gasteiger charge is -2.00. The molecule has 3 N–H and O–H groups in total. The monoisotopic (exact) mass is 248 g/mol. The van der Waals surface area contributed by atoms with Gasteiger partial charge in [-0.1, -0.05) is 0 Å². The minimum Gasteiger partial charge on any atom is -0.480 e. The van der Waals surface area contributed by atoms with Gasteiger partial charge >= 0.3 is 5.97 Å². The van der Waals surface area contributed by atoms with E-state index < -0.39 is 12.0 Å². The van der Waals surface area contributed by atoms with E-state index in [0.29, 0.717) is 10.6 Å². The molecule has 0 amide bonds. The number of aryl methyl sites for hydroxylation is 1. The molecule has 72 valence electrons. The predicted octanol–water partition coefficient (Wildman–Crippen LogP) is -0.468. The van der Waals surface area contributed by atoms with Gasteiger partial charge in [0.25, 0.3) is 0 Å². The van der Waals surface area contributed by atoms with E-state index in [0.717, 1.165) is 0 Å². The molecule has 0 aliphatic carbocycles. The van der Waals surface area contributed by atoms with E-state index >= 15 is 0 Å². The van der Waals surface area contributed by atoms with Crippen molar-refractivity contribution in [3.8, 4) is 0 Å². The van der Waals surface area contributed by atoms with E-state index in [1.54, 1.807) is 7.05 Å². The van der Waals surface area contributed by atoms with Crippen LogP contribution in [-0.4, -0.2) is 31.9 Å². The number of aliphatic carboxylic acids is 1. The Kier molecular flexibility index (Phi) is 2.99. The Bertz CT molecular complexity index is 305. The molecule has 0 radical (unpaired) electrons. The quantitative estimate of drug-likeness (QED) is 0.755. The summed E-state index contributed by atoms with van der Waals surface area (Å²) in [6.07, 6.45) is 0.134. The van der Waals surface area contributed by atoms with Crippen molar-refractivity contribution < 1.29 is 9.90 Å². The Morgan fingerprint density at radius 1 is 1.85 bits per heavy atom. The molecule has 0 bridgehead atoms. The molecule has 0 saturated heterocycles. The fraction of sp³-hybridized carbons (Fsp3) is 0.500. The lowest BCUT2D eigenvalue weighted by molar-refractivity contribution is -0.138. The lowest BCUT2D eigenvalue weighted by atomic mass is 10.2. The number of hydrogen-bond acceptors (Lipinski definition) is 4. The summed E-state index contributed by atoms with van der Waals surface area (Å²) in [5.41, 5.74) is 5.30. The third kappa shape index (κ3) is 2.49. The van der Waals surface area contributed by atoms with Gasteiger partial charge in [-0.15, -0.1) is 0 Å². The average molecular weight is 249 g/mol. The van der Waals surface area contributed by atoms with Crippen LogP contribution in [0.15, 0.2) is 4.73 Å². The molecule has 1 heterocycles. The van der Waals surface area contributed by atoms with Crippen molar-refractivity contribution in [2.24, 2.45) is 12.8 Å². The van der Waals surface area contributed by atoms with Crippen molar-refractivity contribution >= 4 is 21.9 Å². The number of carboxylic acids is 1. The third-order valence-corrected chi connectivity index (χ3v) is 2.16. The van der Waals surface area contributed by atoms with E-state index in [9.17, 15) is 4.79 Å². The van der Waals surface area contributed by atoms with Gasteiger partial charge in [0.15, 0.2) is 10.6 Å². The second-order valence-electron chi connectivity index (χ2n) is 2.57. The number of halogens is 1. The zero-order valence-corrected chi connectivity index (χ0v) is 8.52. The Hall–Kier alpha value is -0.950. The second kappa shape index (κ2) is 3.84. The summed E-state index contributed by atoms with van der Waals surface area (Å²) in [6.45, 7) is 0. The minimum absolute atomic E-state index is 0.134. The maximum Gasteiger partial charge on any atom is 0.320 e. The van der Waals surface area contributed by atoms with E-state index in [-0.39, 0.29) is 6.42 Å². The molecular weight excluding hydrogens is 240 g/mol. The molecule has 0 spiro atoms. The van der Waals surface area contributed by atoms with Crippen LogP contribution in [0.25, 0.3) is 0 Å². The molecule has 0 fully saturated rings. The first-order valence-corrected chi connectivity index (χ1v) is 4.34. The van der Waals surface area contributed by atoms with Gasteiger partial charge in [-0.25, -0.2) is 9.67 Å². The smallest absolute Gasteiger partial charge is 0.320 e. The standard InChI is InChI=1S/C6H9BrN4O2/c1-11-6(7)9-4(10-11)2-3(8)5(12)13/h3H,2,8H2,1H3,(H,12,13)/t3-/m0/s1. The van der Waals surface area contributed by atoms with Gasteiger partial charge in [0.2, 0.25) is 0 Å². The first-order valence-electron chi connectivity index (χ1n) is 3.54. The van der Waals surface area contributed by atoms with Gasteiger partial charge in [-0.3, -0.25) is 4.79 Å². The summed E-state index contributed by atoms with van der Waals surface area (Å²) in [4.78, 5) is 14.4. The van der Waals surface area contributed by atoms with Gasteiger partial charge in [0.05, 0.1) is 0 Å². The highest BCUT2D eigenvalue weighted by Crippen LogP contribution is 2.05. The van der Waals surface area contributed by atoms with Gasteiger partial charge < -0.3 is 10.8 Å². The largest absolute Gasteiger partial charge is 0.480 e. The van der Waals surface area contributed by atoms with Crippen LogP contribution in [0.1, 0.15) is 5.82 Å². The van der Waals surface area contributed by atoms with Crippen molar-refractivity contribution in [3.05, 3.63) is 10.6 Å². The highest BCUT2D eigenvalue weighted by Gasteiger charge is 2.15. The van der Waals surface area contributed by atoms with Crippen molar-refractivity contribution in [2.75, 3.05) is 0 Å². The number of aromatic nitrogens is 3. The molecule has 0 saturated carbocycles.